The molecule has 5 aromatic carbocycles. The van der Waals surface area contributed by atoms with Crippen molar-refractivity contribution in [2.45, 2.75) is 38.9 Å². The second kappa shape index (κ2) is 6.32. The van der Waals surface area contributed by atoms with E-state index in [-0.39, 0.29) is 18.3 Å². The molecule has 0 aliphatic carbocycles. The van der Waals surface area contributed by atoms with Crippen LogP contribution in [0.4, 0.5) is 0 Å². The van der Waals surface area contributed by atoms with E-state index < -0.39 is 0 Å². The summed E-state index contributed by atoms with van der Waals surface area (Å²) in [6.45, 7) is 8.40. The molecular weight excluding hydrogens is 379 g/mol. The maximum absolute atomic E-state index is 6.35. The maximum Gasteiger partial charge on any atom is 0.494 e. The van der Waals surface area contributed by atoms with Crippen LogP contribution >= 0.6 is 0 Å². The van der Waals surface area contributed by atoms with E-state index in [2.05, 4.69) is 107 Å². The van der Waals surface area contributed by atoms with Gasteiger partial charge in [0.1, 0.15) is 0 Å². The minimum absolute atomic E-state index is 0.353. The van der Waals surface area contributed by atoms with Gasteiger partial charge in [-0.1, -0.05) is 78.9 Å². The van der Waals surface area contributed by atoms with Crippen LogP contribution in [-0.4, -0.2) is 18.3 Å². The second-order valence-electron chi connectivity index (χ2n) is 9.65. The molecule has 1 aliphatic heterocycles. The molecule has 1 heterocycles. The lowest BCUT2D eigenvalue weighted by atomic mass is 9.77. The molecule has 0 atom stereocenters. The first-order valence-corrected chi connectivity index (χ1v) is 11.0. The molecule has 1 saturated heterocycles. The zero-order valence-corrected chi connectivity index (χ0v) is 18.4. The maximum atomic E-state index is 6.35. The van der Waals surface area contributed by atoms with E-state index in [1.54, 1.807) is 0 Å². The van der Waals surface area contributed by atoms with Crippen molar-refractivity contribution in [1.82, 2.24) is 0 Å². The summed E-state index contributed by atoms with van der Waals surface area (Å²) < 4.78 is 12.7. The van der Waals surface area contributed by atoms with Gasteiger partial charge >= 0.3 is 7.12 Å². The SMILES string of the molecule is CC1(C)OB(c2ccc3ccc4c5ccccc5c5ccccc5c4c3c2)OC1(C)C. The molecular formula is C28H25BO2. The molecule has 0 spiro atoms. The highest BCUT2D eigenvalue weighted by Crippen LogP contribution is 2.40. The van der Waals surface area contributed by atoms with Crippen molar-refractivity contribution in [3.05, 3.63) is 78.9 Å². The van der Waals surface area contributed by atoms with E-state index in [0.29, 0.717) is 0 Å². The van der Waals surface area contributed by atoms with Crippen LogP contribution in [0.25, 0.3) is 43.1 Å². The summed E-state index contributed by atoms with van der Waals surface area (Å²) in [5, 5.41) is 10.2. The summed E-state index contributed by atoms with van der Waals surface area (Å²) in [6.07, 6.45) is 0. The monoisotopic (exact) mass is 404 g/mol. The van der Waals surface area contributed by atoms with E-state index in [9.17, 15) is 0 Å². The van der Waals surface area contributed by atoms with E-state index in [1.807, 2.05) is 0 Å². The van der Waals surface area contributed by atoms with Crippen molar-refractivity contribution >= 4 is 55.7 Å². The highest BCUT2D eigenvalue weighted by Gasteiger charge is 2.51. The van der Waals surface area contributed by atoms with Crippen LogP contribution in [0.1, 0.15) is 27.7 Å². The molecule has 5 aromatic rings. The zero-order valence-electron chi connectivity index (χ0n) is 18.4. The van der Waals surface area contributed by atoms with Crippen LogP contribution < -0.4 is 5.46 Å². The summed E-state index contributed by atoms with van der Waals surface area (Å²) >= 11 is 0. The zero-order chi connectivity index (χ0) is 21.4. The van der Waals surface area contributed by atoms with Crippen LogP contribution in [0.2, 0.25) is 0 Å². The molecule has 0 amide bonds. The van der Waals surface area contributed by atoms with Crippen LogP contribution in [-0.2, 0) is 9.31 Å². The standard InChI is InChI=1S/C28H25BO2/c1-27(2)28(3,4)31-29(30-27)19-15-13-18-14-16-24-22-11-6-5-9-20(22)21-10-7-8-12-23(21)26(24)25(18)17-19/h5-17H,1-4H3. The predicted octanol–water partition coefficient (Wildman–Crippen LogP) is 6.60. The molecule has 0 unspecified atom stereocenters. The fourth-order valence-corrected chi connectivity index (χ4v) is 4.87. The Morgan fingerprint density at radius 2 is 1.03 bits per heavy atom. The molecule has 0 saturated carbocycles. The van der Waals surface area contributed by atoms with Gasteiger partial charge in [0.15, 0.2) is 0 Å². The van der Waals surface area contributed by atoms with Crippen molar-refractivity contribution in [3.8, 4) is 0 Å². The Bertz CT molecular complexity index is 1450. The molecule has 3 heteroatoms. The normalized spacial score (nSPS) is 17.9. The topological polar surface area (TPSA) is 18.5 Å². The van der Waals surface area contributed by atoms with E-state index in [4.69, 9.17) is 9.31 Å². The van der Waals surface area contributed by atoms with Gasteiger partial charge in [0.25, 0.3) is 0 Å². The number of hydrogen-bond acceptors (Lipinski definition) is 2. The van der Waals surface area contributed by atoms with Gasteiger partial charge in [-0.3, -0.25) is 0 Å². The number of hydrogen-bond donors (Lipinski definition) is 0. The van der Waals surface area contributed by atoms with Gasteiger partial charge in [0.2, 0.25) is 0 Å². The molecule has 1 fully saturated rings. The van der Waals surface area contributed by atoms with Crippen molar-refractivity contribution in [2.24, 2.45) is 0 Å². The van der Waals surface area contributed by atoms with Gasteiger partial charge < -0.3 is 9.31 Å². The van der Waals surface area contributed by atoms with Gasteiger partial charge in [-0.15, -0.1) is 0 Å². The molecule has 0 radical (unpaired) electrons. The van der Waals surface area contributed by atoms with Gasteiger partial charge in [-0.05, 0) is 76.2 Å². The van der Waals surface area contributed by atoms with Crippen molar-refractivity contribution < 1.29 is 9.31 Å². The Morgan fingerprint density at radius 3 is 1.65 bits per heavy atom. The van der Waals surface area contributed by atoms with Crippen molar-refractivity contribution in [3.63, 3.8) is 0 Å². The third kappa shape index (κ3) is 2.67. The molecule has 0 N–H and O–H groups in total. The minimum atomic E-state index is -0.364. The van der Waals surface area contributed by atoms with Crippen molar-refractivity contribution in [1.29, 1.82) is 0 Å². The minimum Gasteiger partial charge on any atom is -0.399 e. The quantitative estimate of drug-likeness (QED) is 0.232. The molecule has 6 rings (SSSR count). The number of fused-ring (bicyclic) bond motifs is 8. The third-order valence-electron chi connectivity index (χ3n) is 7.27. The Balaban J connectivity index is 1.69. The Labute approximate surface area is 182 Å². The largest absolute Gasteiger partial charge is 0.494 e. The molecule has 1 aliphatic rings. The Hall–Kier alpha value is -2.88. The van der Waals surface area contributed by atoms with Crippen LogP contribution in [0, 0.1) is 0 Å². The summed E-state index contributed by atoms with van der Waals surface area (Å²) in [5.41, 5.74) is 0.360. The number of rotatable bonds is 1. The van der Waals surface area contributed by atoms with Gasteiger partial charge in [0, 0.05) is 0 Å². The molecule has 0 bridgehead atoms. The molecule has 2 nitrogen and oxygen atoms in total. The highest BCUT2D eigenvalue weighted by molar-refractivity contribution is 6.62. The van der Waals surface area contributed by atoms with Gasteiger partial charge in [-0.2, -0.15) is 0 Å². The van der Waals surface area contributed by atoms with Crippen LogP contribution in [0.3, 0.4) is 0 Å². The number of benzene rings is 5. The van der Waals surface area contributed by atoms with E-state index in [1.165, 1.54) is 43.1 Å². The predicted molar refractivity (Wildman–Crippen MR) is 132 cm³/mol. The van der Waals surface area contributed by atoms with Crippen LogP contribution in [0.15, 0.2) is 78.9 Å². The molecule has 152 valence electrons. The second-order valence-corrected chi connectivity index (χ2v) is 9.65. The average Bonchev–Trinajstić information content (AvgIpc) is 3.00. The lowest BCUT2D eigenvalue weighted by Crippen LogP contribution is -2.41. The first-order valence-electron chi connectivity index (χ1n) is 11.0. The lowest BCUT2D eigenvalue weighted by molar-refractivity contribution is 0.00578. The van der Waals surface area contributed by atoms with Gasteiger partial charge in [0.05, 0.1) is 11.2 Å². The summed E-state index contributed by atoms with van der Waals surface area (Å²) in [7, 11) is -0.364. The smallest absolute Gasteiger partial charge is 0.399 e. The van der Waals surface area contributed by atoms with Gasteiger partial charge in [-0.25, -0.2) is 0 Å². The summed E-state index contributed by atoms with van der Waals surface area (Å²) in [4.78, 5) is 0. The lowest BCUT2D eigenvalue weighted by Gasteiger charge is -2.32. The molecule has 0 aromatic heterocycles. The van der Waals surface area contributed by atoms with E-state index >= 15 is 0 Å². The fraction of sp³-hybridized carbons (Fsp3) is 0.214. The Kier molecular flexibility index (Phi) is 3.84. The first kappa shape index (κ1) is 18.9. The fourth-order valence-electron chi connectivity index (χ4n) is 4.87. The van der Waals surface area contributed by atoms with Crippen molar-refractivity contribution in [2.75, 3.05) is 0 Å². The molecule has 31 heavy (non-hydrogen) atoms. The highest BCUT2D eigenvalue weighted by atomic mass is 16.7. The first-order chi connectivity index (χ1) is 14.9. The average molecular weight is 404 g/mol. The van der Waals surface area contributed by atoms with E-state index in [0.717, 1.165) is 5.46 Å². The Morgan fingerprint density at radius 1 is 0.548 bits per heavy atom. The summed E-state index contributed by atoms with van der Waals surface area (Å²) in [5.74, 6) is 0. The van der Waals surface area contributed by atoms with Crippen LogP contribution in [0.5, 0.6) is 0 Å². The summed E-state index contributed by atoms with van der Waals surface area (Å²) in [6, 6.07) is 28.5. The third-order valence-corrected chi connectivity index (χ3v) is 7.27.